The number of hydrogen-bond donors (Lipinski definition) is 1. The third-order valence-electron chi connectivity index (χ3n) is 3.10. The molecule has 0 saturated heterocycles. The van der Waals surface area contributed by atoms with Crippen molar-refractivity contribution >= 4 is 50.4 Å². The molecule has 0 bridgehead atoms. The van der Waals surface area contributed by atoms with Crippen molar-refractivity contribution in [2.45, 2.75) is 18.9 Å². The van der Waals surface area contributed by atoms with Gasteiger partial charge in [-0.1, -0.05) is 22.9 Å². The SMILES string of the molecule is CCSc1cc(C(=O)Nc2cc(Br)cc3nc(C)oc23)ccn1. The fourth-order valence-corrected chi connectivity index (χ4v) is 3.26. The third-order valence-corrected chi connectivity index (χ3v) is 4.36. The van der Waals surface area contributed by atoms with Crippen LogP contribution >= 0.6 is 27.7 Å². The normalized spacial score (nSPS) is 10.9. The number of oxazole rings is 1. The Hall–Kier alpha value is -1.86. The van der Waals surface area contributed by atoms with Gasteiger partial charge in [0.1, 0.15) is 5.52 Å². The van der Waals surface area contributed by atoms with Crippen LogP contribution < -0.4 is 5.32 Å². The number of nitrogens with one attached hydrogen (secondary N) is 1. The smallest absolute Gasteiger partial charge is 0.255 e. The fraction of sp³-hybridized carbons (Fsp3) is 0.188. The van der Waals surface area contributed by atoms with Gasteiger partial charge in [-0.2, -0.15) is 0 Å². The molecule has 0 fully saturated rings. The number of rotatable bonds is 4. The standard InChI is InChI=1S/C16H14BrN3O2S/c1-3-23-14-6-10(4-5-18-14)16(21)20-13-8-11(17)7-12-15(13)22-9(2)19-12/h4-8H,3H2,1-2H3,(H,20,21). The fourth-order valence-electron chi connectivity index (χ4n) is 2.17. The van der Waals surface area contributed by atoms with E-state index in [1.165, 1.54) is 0 Å². The highest BCUT2D eigenvalue weighted by Gasteiger charge is 2.14. The molecule has 0 atom stereocenters. The molecule has 7 heteroatoms. The minimum atomic E-state index is -0.209. The molecule has 0 aliphatic heterocycles. The molecule has 0 saturated carbocycles. The van der Waals surface area contributed by atoms with E-state index in [0.717, 1.165) is 15.3 Å². The van der Waals surface area contributed by atoms with Gasteiger partial charge in [0.05, 0.1) is 10.7 Å². The first-order chi connectivity index (χ1) is 11.1. The number of carbonyl (C=O) groups excluding carboxylic acids is 1. The summed E-state index contributed by atoms with van der Waals surface area (Å²) in [5, 5.41) is 3.71. The van der Waals surface area contributed by atoms with E-state index in [-0.39, 0.29) is 5.91 Å². The van der Waals surface area contributed by atoms with Crippen molar-refractivity contribution in [3.05, 3.63) is 46.4 Å². The van der Waals surface area contributed by atoms with Gasteiger partial charge < -0.3 is 9.73 Å². The monoisotopic (exact) mass is 391 g/mol. The van der Waals surface area contributed by atoms with Gasteiger partial charge in [-0.05, 0) is 30.0 Å². The number of anilines is 1. The summed E-state index contributed by atoms with van der Waals surface area (Å²) < 4.78 is 6.41. The van der Waals surface area contributed by atoms with Crippen LogP contribution in [0.4, 0.5) is 5.69 Å². The second-order valence-corrected chi connectivity index (χ2v) is 7.00. The lowest BCUT2D eigenvalue weighted by molar-refractivity contribution is 0.102. The number of halogens is 1. The maximum atomic E-state index is 12.5. The van der Waals surface area contributed by atoms with Crippen molar-refractivity contribution < 1.29 is 9.21 Å². The van der Waals surface area contributed by atoms with Crippen LogP contribution in [0.1, 0.15) is 23.2 Å². The number of carbonyl (C=O) groups is 1. The van der Waals surface area contributed by atoms with Crippen molar-refractivity contribution in [1.29, 1.82) is 0 Å². The van der Waals surface area contributed by atoms with Crippen molar-refractivity contribution in [2.24, 2.45) is 0 Å². The Morgan fingerprint density at radius 1 is 1.39 bits per heavy atom. The van der Waals surface area contributed by atoms with E-state index in [2.05, 4.69) is 31.2 Å². The van der Waals surface area contributed by atoms with Gasteiger partial charge in [-0.15, -0.1) is 11.8 Å². The minimum Gasteiger partial charge on any atom is -0.439 e. The Balaban J connectivity index is 1.92. The van der Waals surface area contributed by atoms with Crippen LogP contribution in [0.5, 0.6) is 0 Å². The second-order valence-electron chi connectivity index (χ2n) is 4.80. The lowest BCUT2D eigenvalue weighted by Gasteiger charge is -2.07. The molecule has 3 aromatic rings. The molecule has 118 valence electrons. The Morgan fingerprint density at radius 2 is 2.22 bits per heavy atom. The number of pyridine rings is 1. The number of hydrogen-bond acceptors (Lipinski definition) is 5. The van der Waals surface area contributed by atoms with Crippen LogP contribution in [0, 0.1) is 6.92 Å². The van der Waals surface area contributed by atoms with Crippen molar-refractivity contribution in [3.63, 3.8) is 0 Å². The third kappa shape index (κ3) is 3.56. The van der Waals surface area contributed by atoms with Crippen LogP contribution in [-0.4, -0.2) is 21.6 Å². The topological polar surface area (TPSA) is 68.0 Å². The van der Waals surface area contributed by atoms with E-state index in [4.69, 9.17) is 4.42 Å². The molecular formula is C16H14BrN3O2S. The van der Waals surface area contributed by atoms with Gasteiger partial charge in [-0.25, -0.2) is 9.97 Å². The summed E-state index contributed by atoms with van der Waals surface area (Å²) in [6.07, 6.45) is 1.64. The van der Waals surface area contributed by atoms with Crippen LogP contribution in [0.2, 0.25) is 0 Å². The zero-order valence-corrected chi connectivity index (χ0v) is 15.0. The van der Waals surface area contributed by atoms with E-state index >= 15 is 0 Å². The van der Waals surface area contributed by atoms with Crippen LogP contribution in [0.15, 0.2) is 44.4 Å². The van der Waals surface area contributed by atoms with E-state index in [1.54, 1.807) is 43.1 Å². The maximum absolute atomic E-state index is 12.5. The molecule has 5 nitrogen and oxygen atoms in total. The van der Waals surface area contributed by atoms with E-state index in [0.29, 0.717) is 28.2 Å². The van der Waals surface area contributed by atoms with Gasteiger partial charge in [0.15, 0.2) is 11.5 Å². The van der Waals surface area contributed by atoms with E-state index < -0.39 is 0 Å². The summed E-state index contributed by atoms with van der Waals surface area (Å²) in [6.45, 7) is 3.82. The summed E-state index contributed by atoms with van der Waals surface area (Å²) >= 11 is 5.02. The molecular weight excluding hydrogens is 378 g/mol. The summed E-state index contributed by atoms with van der Waals surface area (Å²) in [5.41, 5.74) is 2.40. The van der Waals surface area contributed by atoms with Gasteiger partial charge >= 0.3 is 0 Å². The first-order valence-electron chi connectivity index (χ1n) is 7.03. The largest absolute Gasteiger partial charge is 0.439 e. The highest BCUT2D eigenvalue weighted by molar-refractivity contribution is 9.10. The lowest BCUT2D eigenvalue weighted by atomic mass is 10.2. The molecule has 0 aliphatic rings. The molecule has 23 heavy (non-hydrogen) atoms. The number of aromatic nitrogens is 2. The van der Waals surface area contributed by atoms with Gasteiger partial charge in [0.25, 0.3) is 5.91 Å². The first-order valence-corrected chi connectivity index (χ1v) is 8.81. The Bertz CT molecular complexity index is 879. The number of thioether (sulfide) groups is 1. The van der Waals surface area contributed by atoms with Crippen LogP contribution in [-0.2, 0) is 0 Å². The molecule has 0 spiro atoms. The number of nitrogens with zero attached hydrogens (tertiary/aromatic N) is 2. The minimum absolute atomic E-state index is 0.209. The van der Waals surface area contributed by atoms with Crippen LogP contribution in [0.25, 0.3) is 11.1 Å². The molecule has 1 aromatic carbocycles. The highest BCUT2D eigenvalue weighted by Crippen LogP contribution is 2.29. The van der Waals surface area contributed by atoms with Crippen molar-refractivity contribution in [2.75, 3.05) is 11.1 Å². The van der Waals surface area contributed by atoms with Crippen molar-refractivity contribution in [1.82, 2.24) is 9.97 Å². The highest BCUT2D eigenvalue weighted by atomic mass is 79.9. The summed E-state index contributed by atoms with van der Waals surface area (Å²) in [4.78, 5) is 21.0. The maximum Gasteiger partial charge on any atom is 0.255 e. The van der Waals surface area contributed by atoms with Crippen LogP contribution in [0.3, 0.4) is 0 Å². The number of benzene rings is 1. The van der Waals surface area contributed by atoms with E-state index in [9.17, 15) is 4.79 Å². The summed E-state index contributed by atoms with van der Waals surface area (Å²) in [7, 11) is 0. The second kappa shape index (κ2) is 6.72. The molecule has 0 radical (unpaired) electrons. The zero-order chi connectivity index (χ0) is 16.4. The molecule has 3 rings (SSSR count). The predicted octanol–water partition coefficient (Wildman–Crippen LogP) is 4.66. The number of fused-ring (bicyclic) bond motifs is 1. The molecule has 0 unspecified atom stereocenters. The molecule has 0 aliphatic carbocycles. The van der Waals surface area contributed by atoms with Gasteiger partial charge in [-0.3, -0.25) is 4.79 Å². The Morgan fingerprint density at radius 3 is 3.00 bits per heavy atom. The summed E-state index contributed by atoms with van der Waals surface area (Å²) in [6, 6.07) is 7.12. The Labute approximate surface area is 146 Å². The molecule has 2 aromatic heterocycles. The van der Waals surface area contributed by atoms with Crippen molar-refractivity contribution in [3.8, 4) is 0 Å². The summed E-state index contributed by atoms with van der Waals surface area (Å²) in [5.74, 6) is 1.25. The molecule has 1 N–H and O–H groups in total. The zero-order valence-electron chi connectivity index (χ0n) is 12.6. The first kappa shape index (κ1) is 16.0. The quantitative estimate of drug-likeness (QED) is 0.655. The average molecular weight is 392 g/mol. The average Bonchev–Trinajstić information content (AvgIpc) is 2.88. The number of amides is 1. The van der Waals surface area contributed by atoms with Gasteiger partial charge in [0.2, 0.25) is 0 Å². The number of aryl methyl sites for hydroxylation is 1. The molecule has 1 amide bonds. The lowest BCUT2D eigenvalue weighted by Crippen LogP contribution is -2.12. The Kier molecular flexibility index (Phi) is 4.68. The van der Waals surface area contributed by atoms with E-state index in [1.807, 2.05) is 13.0 Å². The van der Waals surface area contributed by atoms with Gasteiger partial charge in [0, 0.05) is 23.2 Å². The predicted molar refractivity (Wildman–Crippen MR) is 95.0 cm³/mol. The molecule has 2 heterocycles.